The van der Waals surface area contributed by atoms with Gasteiger partial charge in [0, 0.05) is 18.0 Å². The standard InChI is InChI=1S/C27H25F3N4O/c28-27(29,30)22-7-8-23-24(15-22)33-26(32-23)21-6-2-5-20(14-21)19-4-1-3-17(13-19)16-34-11-9-18(10-12-34)25(31)35/h1-8,13-15,18H,9-12,16H2,(H2,31,35)(H,32,33). The quantitative estimate of drug-likeness (QED) is 0.391. The molecule has 0 aliphatic carbocycles. The van der Waals surface area contributed by atoms with Crippen molar-refractivity contribution < 1.29 is 18.0 Å². The van der Waals surface area contributed by atoms with Crippen LogP contribution in [0.25, 0.3) is 33.5 Å². The number of aromatic nitrogens is 2. The average Bonchev–Trinajstić information content (AvgIpc) is 3.28. The Morgan fingerprint density at radius 1 is 0.971 bits per heavy atom. The van der Waals surface area contributed by atoms with Crippen LogP contribution in [0.5, 0.6) is 0 Å². The predicted octanol–water partition coefficient (Wildman–Crippen LogP) is 5.61. The summed E-state index contributed by atoms with van der Waals surface area (Å²) in [6, 6.07) is 19.6. The Labute approximate surface area is 200 Å². The number of hydrogen-bond donors (Lipinski definition) is 2. The molecule has 5 rings (SSSR count). The average molecular weight is 479 g/mol. The molecule has 0 unspecified atom stereocenters. The summed E-state index contributed by atoms with van der Waals surface area (Å²) >= 11 is 0. The number of hydrogen-bond acceptors (Lipinski definition) is 3. The number of carbonyl (C=O) groups excluding carboxylic acids is 1. The molecule has 0 atom stereocenters. The second-order valence-electron chi connectivity index (χ2n) is 9.05. The second kappa shape index (κ2) is 9.19. The van der Waals surface area contributed by atoms with E-state index in [9.17, 15) is 18.0 Å². The SMILES string of the molecule is NC(=O)C1CCN(Cc2cccc(-c3cccc(-c4nc5ccc(C(F)(F)F)cc5[nH]4)c3)c2)CC1. The minimum atomic E-state index is -4.40. The zero-order valence-corrected chi connectivity index (χ0v) is 19.0. The molecule has 8 heteroatoms. The van der Waals surface area contributed by atoms with Crippen LogP contribution < -0.4 is 5.73 Å². The molecule has 5 nitrogen and oxygen atoms in total. The smallest absolute Gasteiger partial charge is 0.369 e. The summed E-state index contributed by atoms with van der Waals surface area (Å²) in [7, 11) is 0. The van der Waals surface area contributed by atoms with Crippen LogP contribution in [0.3, 0.4) is 0 Å². The Morgan fingerprint density at radius 2 is 1.66 bits per heavy atom. The number of amides is 1. The Morgan fingerprint density at radius 3 is 2.37 bits per heavy atom. The molecule has 1 aromatic heterocycles. The van der Waals surface area contributed by atoms with E-state index in [0.717, 1.165) is 61.3 Å². The lowest BCUT2D eigenvalue weighted by molar-refractivity contribution is -0.137. The van der Waals surface area contributed by atoms with Gasteiger partial charge < -0.3 is 10.7 Å². The number of imidazole rings is 1. The van der Waals surface area contributed by atoms with Crippen LogP contribution in [0.1, 0.15) is 24.0 Å². The topological polar surface area (TPSA) is 75.0 Å². The third-order valence-corrected chi connectivity index (χ3v) is 6.60. The predicted molar refractivity (Wildman–Crippen MR) is 129 cm³/mol. The van der Waals surface area contributed by atoms with Crippen LogP contribution in [0.15, 0.2) is 66.7 Å². The van der Waals surface area contributed by atoms with Crippen molar-refractivity contribution in [3.05, 3.63) is 77.9 Å². The van der Waals surface area contributed by atoms with Crippen molar-refractivity contribution >= 4 is 16.9 Å². The van der Waals surface area contributed by atoms with E-state index in [0.29, 0.717) is 16.9 Å². The van der Waals surface area contributed by atoms with E-state index in [1.165, 1.54) is 11.6 Å². The summed E-state index contributed by atoms with van der Waals surface area (Å²) in [5.41, 5.74) is 9.59. The van der Waals surface area contributed by atoms with Crippen molar-refractivity contribution in [3.63, 3.8) is 0 Å². The number of nitrogens with zero attached hydrogens (tertiary/aromatic N) is 2. The number of likely N-dealkylation sites (tertiary alicyclic amines) is 1. The maximum absolute atomic E-state index is 13.1. The molecule has 2 heterocycles. The number of halogens is 3. The number of primary amides is 1. The third-order valence-electron chi connectivity index (χ3n) is 6.60. The summed E-state index contributed by atoms with van der Waals surface area (Å²) in [5.74, 6) is 0.282. The highest BCUT2D eigenvalue weighted by Gasteiger charge is 2.30. The number of piperidine rings is 1. The van der Waals surface area contributed by atoms with Gasteiger partial charge in [0.05, 0.1) is 16.6 Å². The molecule has 1 aliphatic rings. The van der Waals surface area contributed by atoms with Gasteiger partial charge in [0.25, 0.3) is 0 Å². The maximum atomic E-state index is 13.1. The Bertz CT molecular complexity index is 1370. The number of rotatable bonds is 5. The van der Waals surface area contributed by atoms with Gasteiger partial charge in [-0.2, -0.15) is 13.2 Å². The number of carbonyl (C=O) groups is 1. The van der Waals surface area contributed by atoms with Gasteiger partial charge >= 0.3 is 6.18 Å². The van der Waals surface area contributed by atoms with Crippen molar-refractivity contribution in [2.75, 3.05) is 13.1 Å². The van der Waals surface area contributed by atoms with Gasteiger partial charge in [-0.05, 0) is 73.0 Å². The second-order valence-corrected chi connectivity index (χ2v) is 9.05. The molecule has 180 valence electrons. The molecule has 0 radical (unpaired) electrons. The lowest BCUT2D eigenvalue weighted by Gasteiger charge is -2.30. The van der Waals surface area contributed by atoms with E-state index in [1.807, 2.05) is 36.4 Å². The molecule has 1 saturated heterocycles. The van der Waals surface area contributed by atoms with Gasteiger partial charge in [-0.15, -0.1) is 0 Å². The Kier molecular flexibility index (Phi) is 6.06. The third kappa shape index (κ3) is 5.07. The van der Waals surface area contributed by atoms with Gasteiger partial charge in [-0.1, -0.05) is 36.4 Å². The zero-order valence-electron chi connectivity index (χ0n) is 19.0. The fourth-order valence-corrected chi connectivity index (χ4v) is 4.65. The largest absolute Gasteiger partial charge is 0.416 e. The molecule has 0 spiro atoms. The number of benzene rings is 3. The number of nitrogens with one attached hydrogen (secondary N) is 1. The Balaban J connectivity index is 1.36. The first-order valence-corrected chi connectivity index (χ1v) is 11.5. The van der Waals surface area contributed by atoms with E-state index in [-0.39, 0.29) is 11.8 Å². The molecule has 1 fully saturated rings. The van der Waals surface area contributed by atoms with Crippen molar-refractivity contribution in [3.8, 4) is 22.5 Å². The molecule has 4 aromatic rings. The van der Waals surface area contributed by atoms with Crippen molar-refractivity contribution in [2.24, 2.45) is 11.7 Å². The number of alkyl halides is 3. The maximum Gasteiger partial charge on any atom is 0.416 e. The zero-order chi connectivity index (χ0) is 24.6. The van der Waals surface area contributed by atoms with Crippen LogP contribution in [0.4, 0.5) is 13.2 Å². The minimum Gasteiger partial charge on any atom is -0.369 e. The lowest BCUT2D eigenvalue weighted by Crippen LogP contribution is -2.38. The van der Waals surface area contributed by atoms with Crippen molar-refractivity contribution in [2.45, 2.75) is 25.6 Å². The monoisotopic (exact) mass is 478 g/mol. The number of H-pyrrole nitrogens is 1. The minimum absolute atomic E-state index is 0.0291. The van der Waals surface area contributed by atoms with E-state index >= 15 is 0 Å². The Hall–Kier alpha value is -3.65. The highest BCUT2D eigenvalue weighted by molar-refractivity contribution is 5.81. The molecule has 3 aromatic carbocycles. The lowest BCUT2D eigenvalue weighted by atomic mass is 9.95. The summed E-state index contributed by atoms with van der Waals surface area (Å²) in [4.78, 5) is 21.3. The van der Waals surface area contributed by atoms with E-state index in [4.69, 9.17) is 5.73 Å². The van der Waals surface area contributed by atoms with E-state index in [2.05, 4.69) is 27.0 Å². The first-order valence-electron chi connectivity index (χ1n) is 11.5. The van der Waals surface area contributed by atoms with Crippen LogP contribution in [-0.4, -0.2) is 33.9 Å². The van der Waals surface area contributed by atoms with Crippen molar-refractivity contribution in [1.29, 1.82) is 0 Å². The molecule has 0 saturated carbocycles. The molecular formula is C27H25F3N4O. The van der Waals surface area contributed by atoms with Crippen LogP contribution in [0.2, 0.25) is 0 Å². The van der Waals surface area contributed by atoms with Gasteiger partial charge in [-0.3, -0.25) is 9.69 Å². The number of nitrogens with two attached hydrogens (primary N) is 1. The van der Waals surface area contributed by atoms with E-state index < -0.39 is 11.7 Å². The summed E-state index contributed by atoms with van der Waals surface area (Å²) in [6.45, 7) is 2.48. The first kappa shape index (κ1) is 23.1. The molecule has 35 heavy (non-hydrogen) atoms. The summed E-state index contributed by atoms with van der Waals surface area (Å²) in [6.07, 6.45) is -2.82. The van der Waals surface area contributed by atoms with Crippen LogP contribution >= 0.6 is 0 Å². The molecule has 1 amide bonds. The fourth-order valence-electron chi connectivity index (χ4n) is 4.65. The summed E-state index contributed by atoms with van der Waals surface area (Å²) in [5, 5.41) is 0. The highest BCUT2D eigenvalue weighted by Crippen LogP contribution is 2.32. The molecular weight excluding hydrogens is 453 g/mol. The summed E-state index contributed by atoms with van der Waals surface area (Å²) < 4.78 is 39.2. The number of fused-ring (bicyclic) bond motifs is 1. The van der Waals surface area contributed by atoms with Crippen LogP contribution in [-0.2, 0) is 17.5 Å². The van der Waals surface area contributed by atoms with E-state index in [1.54, 1.807) is 0 Å². The molecule has 3 N–H and O–H groups in total. The number of aromatic amines is 1. The highest BCUT2D eigenvalue weighted by atomic mass is 19.4. The fraction of sp³-hybridized carbons (Fsp3) is 0.259. The van der Waals surface area contributed by atoms with Crippen LogP contribution in [0, 0.1) is 5.92 Å². The van der Waals surface area contributed by atoms with Gasteiger partial charge in [0.1, 0.15) is 5.82 Å². The van der Waals surface area contributed by atoms with Gasteiger partial charge in [0.2, 0.25) is 5.91 Å². The molecule has 1 aliphatic heterocycles. The molecule has 0 bridgehead atoms. The van der Waals surface area contributed by atoms with Gasteiger partial charge in [0.15, 0.2) is 0 Å². The van der Waals surface area contributed by atoms with Crippen molar-refractivity contribution in [1.82, 2.24) is 14.9 Å². The van der Waals surface area contributed by atoms with Gasteiger partial charge in [-0.25, -0.2) is 4.98 Å². The first-order chi connectivity index (χ1) is 16.8. The normalized spacial score (nSPS) is 15.5.